The molecule has 0 aromatic heterocycles. The van der Waals surface area contributed by atoms with Gasteiger partial charge in [0.1, 0.15) is 0 Å². The Labute approximate surface area is 165 Å². The quantitative estimate of drug-likeness (QED) is 0.173. The Hall–Kier alpha value is -0.0800. The molecule has 0 aliphatic heterocycles. The highest BCUT2D eigenvalue weighted by Crippen LogP contribution is 2.28. The summed E-state index contributed by atoms with van der Waals surface area (Å²) in [6, 6.07) is 0. The Morgan fingerprint density at radius 3 is 2.62 bits per heavy atom. The van der Waals surface area contributed by atoms with Crippen LogP contribution in [0.2, 0.25) is 0 Å². The average Bonchev–Trinajstić information content (AvgIpc) is 3.31. The zero-order chi connectivity index (χ0) is 16.9. The first-order valence-corrected chi connectivity index (χ1v) is 9.36. The van der Waals surface area contributed by atoms with Gasteiger partial charge >= 0.3 is 0 Å². The minimum atomic E-state index is 0. The molecule has 6 heteroatoms. The maximum absolute atomic E-state index is 9.19. The van der Waals surface area contributed by atoms with Crippen LogP contribution in [0.15, 0.2) is 4.99 Å². The molecule has 3 N–H and O–H groups in total. The van der Waals surface area contributed by atoms with Crippen molar-refractivity contribution < 1.29 is 9.84 Å². The highest BCUT2D eigenvalue weighted by molar-refractivity contribution is 14.0. The van der Waals surface area contributed by atoms with E-state index in [0.717, 1.165) is 64.0 Å². The van der Waals surface area contributed by atoms with Gasteiger partial charge in [-0.1, -0.05) is 13.8 Å². The van der Waals surface area contributed by atoms with Crippen LogP contribution in [0.1, 0.15) is 52.9 Å². The van der Waals surface area contributed by atoms with Crippen molar-refractivity contribution in [1.29, 1.82) is 0 Å². The molecule has 0 heterocycles. The molecule has 1 aliphatic rings. The molecule has 0 saturated heterocycles. The molecule has 144 valence electrons. The number of halogens is 1. The van der Waals surface area contributed by atoms with Crippen LogP contribution in [0, 0.1) is 17.8 Å². The fourth-order valence-corrected chi connectivity index (χ4v) is 2.61. The molecule has 0 aromatic carbocycles. The molecule has 1 rings (SSSR count). The lowest BCUT2D eigenvalue weighted by atomic mass is 9.94. The second-order valence-corrected chi connectivity index (χ2v) is 7.03. The zero-order valence-electron chi connectivity index (χ0n) is 15.7. The van der Waals surface area contributed by atoms with Gasteiger partial charge in [-0.3, -0.25) is 4.99 Å². The normalized spacial score (nSPS) is 16.0. The Bertz CT molecular complexity index is 323. The van der Waals surface area contributed by atoms with Gasteiger partial charge in [0.05, 0.1) is 0 Å². The molecular weight excluding hydrogens is 417 g/mol. The van der Waals surface area contributed by atoms with Crippen LogP contribution in [0.5, 0.6) is 0 Å². The van der Waals surface area contributed by atoms with Crippen molar-refractivity contribution in [3.8, 4) is 0 Å². The molecule has 0 amide bonds. The number of nitrogens with one attached hydrogen (secondary N) is 2. The van der Waals surface area contributed by atoms with Crippen molar-refractivity contribution in [2.75, 3.05) is 39.5 Å². The number of ether oxygens (including phenoxy) is 1. The number of rotatable bonds is 13. The van der Waals surface area contributed by atoms with Crippen molar-refractivity contribution in [1.82, 2.24) is 10.6 Å². The molecular formula is C18H38IN3O2. The summed E-state index contributed by atoms with van der Waals surface area (Å²) >= 11 is 0. The third-order valence-corrected chi connectivity index (χ3v) is 4.00. The lowest BCUT2D eigenvalue weighted by Gasteiger charge is -2.17. The minimum absolute atomic E-state index is 0. The van der Waals surface area contributed by atoms with E-state index < -0.39 is 0 Å². The summed E-state index contributed by atoms with van der Waals surface area (Å²) in [5.41, 5.74) is 0. The van der Waals surface area contributed by atoms with Gasteiger partial charge < -0.3 is 20.5 Å². The molecule has 0 spiro atoms. The molecule has 5 nitrogen and oxygen atoms in total. The van der Waals surface area contributed by atoms with E-state index in [2.05, 4.69) is 36.4 Å². The lowest BCUT2D eigenvalue weighted by Crippen LogP contribution is -2.38. The van der Waals surface area contributed by atoms with Crippen molar-refractivity contribution in [3.05, 3.63) is 0 Å². The van der Waals surface area contributed by atoms with E-state index in [-0.39, 0.29) is 30.6 Å². The van der Waals surface area contributed by atoms with E-state index in [1.54, 1.807) is 0 Å². The number of aliphatic imine (C=N–C) groups is 1. The van der Waals surface area contributed by atoms with Crippen LogP contribution in [0.25, 0.3) is 0 Å². The largest absolute Gasteiger partial charge is 0.396 e. The van der Waals surface area contributed by atoms with Gasteiger partial charge in [-0.25, -0.2) is 0 Å². The highest BCUT2D eigenvalue weighted by Gasteiger charge is 2.20. The van der Waals surface area contributed by atoms with Gasteiger partial charge in [-0.15, -0.1) is 24.0 Å². The van der Waals surface area contributed by atoms with E-state index in [1.165, 1.54) is 12.8 Å². The van der Waals surface area contributed by atoms with E-state index >= 15 is 0 Å². The predicted octanol–water partition coefficient (Wildman–Crippen LogP) is 3.02. The Balaban J connectivity index is 0.00000529. The molecule has 1 unspecified atom stereocenters. The maximum Gasteiger partial charge on any atom is 0.191 e. The predicted molar refractivity (Wildman–Crippen MR) is 112 cm³/mol. The van der Waals surface area contributed by atoms with Gasteiger partial charge in [0, 0.05) is 39.5 Å². The molecule has 1 atom stereocenters. The summed E-state index contributed by atoms with van der Waals surface area (Å²) in [5.74, 6) is 2.81. The summed E-state index contributed by atoms with van der Waals surface area (Å²) in [7, 11) is 0. The average molecular weight is 455 g/mol. The highest BCUT2D eigenvalue weighted by atomic mass is 127. The SMILES string of the molecule is CCNC(=NCC(CCO)CC(C)C)NCCCOCC1CC1.I. The second kappa shape index (κ2) is 15.2. The van der Waals surface area contributed by atoms with Crippen molar-refractivity contribution >= 4 is 29.9 Å². The summed E-state index contributed by atoms with van der Waals surface area (Å²) in [4.78, 5) is 4.68. The fraction of sp³-hybridized carbons (Fsp3) is 0.944. The maximum atomic E-state index is 9.19. The Kier molecular flexibility index (Phi) is 15.1. The first-order chi connectivity index (χ1) is 11.2. The number of aliphatic hydroxyl groups is 1. The smallest absolute Gasteiger partial charge is 0.191 e. The first kappa shape index (κ1) is 23.9. The third kappa shape index (κ3) is 13.2. The molecule has 0 aromatic rings. The summed E-state index contributed by atoms with van der Waals surface area (Å²) < 4.78 is 5.65. The van der Waals surface area contributed by atoms with E-state index in [4.69, 9.17) is 4.74 Å². The van der Waals surface area contributed by atoms with Gasteiger partial charge in [0.15, 0.2) is 5.96 Å². The molecule has 24 heavy (non-hydrogen) atoms. The molecule has 0 radical (unpaired) electrons. The number of hydrogen-bond acceptors (Lipinski definition) is 3. The van der Waals surface area contributed by atoms with Gasteiger partial charge in [-0.05, 0) is 56.8 Å². The third-order valence-electron chi connectivity index (χ3n) is 4.00. The molecule has 1 aliphatic carbocycles. The topological polar surface area (TPSA) is 65.9 Å². The van der Waals surface area contributed by atoms with E-state index in [0.29, 0.717) is 11.8 Å². The molecule has 1 saturated carbocycles. The Morgan fingerprint density at radius 2 is 2.04 bits per heavy atom. The van der Waals surface area contributed by atoms with E-state index in [1.807, 2.05) is 0 Å². The van der Waals surface area contributed by atoms with Crippen LogP contribution in [-0.2, 0) is 4.74 Å². The minimum Gasteiger partial charge on any atom is -0.396 e. The van der Waals surface area contributed by atoms with Crippen LogP contribution >= 0.6 is 24.0 Å². The Morgan fingerprint density at radius 1 is 1.29 bits per heavy atom. The van der Waals surface area contributed by atoms with Crippen molar-refractivity contribution in [2.24, 2.45) is 22.7 Å². The number of hydrogen-bond donors (Lipinski definition) is 3. The summed E-state index contributed by atoms with van der Waals surface area (Å²) in [6.07, 6.45) is 5.64. The molecule has 0 bridgehead atoms. The van der Waals surface area contributed by atoms with Crippen LogP contribution < -0.4 is 10.6 Å². The number of nitrogens with zero attached hydrogens (tertiary/aromatic N) is 1. The second-order valence-electron chi connectivity index (χ2n) is 7.03. The fourth-order valence-electron chi connectivity index (χ4n) is 2.61. The lowest BCUT2D eigenvalue weighted by molar-refractivity contribution is 0.123. The van der Waals surface area contributed by atoms with Crippen molar-refractivity contribution in [2.45, 2.75) is 52.9 Å². The monoisotopic (exact) mass is 455 g/mol. The first-order valence-electron chi connectivity index (χ1n) is 9.36. The van der Waals surface area contributed by atoms with Gasteiger partial charge in [-0.2, -0.15) is 0 Å². The van der Waals surface area contributed by atoms with Crippen LogP contribution in [0.3, 0.4) is 0 Å². The van der Waals surface area contributed by atoms with Gasteiger partial charge in [0.25, 0.3) is 0 Å². The van der Waals surface area contributed by atoms with Gasteiger partial charge in [0.2, 0.25) is 0 Å². The zero-order valence-corrected chi connectivity index (χ0v) is 18.1. The van der Waals surface area contributed by atoms with Crippen LogP contribution in [0.4, 0.5) is 0 Å². The number of aliphatic hydroxyl groups excluding tert-OH is 1. The van der Waals surface area contributed by atoms with Crippen LogP contribution in [-0.4, -0.2) is 50.5 Å². The van der Waals surface area contributed by atoms with E-state index in [9.17, 15) is 5.11 Å². The molecule has 1 fully saturated rings. The summed E-state index contributed by atoms with van der Waals surface area (Å²) in [6.45, 7) is 11.0. The standard InChI is InChI=1S/C18H37N3O2.HI/c1-4-19-18(20-9-5-11-23-14-16-6-7-16)21-13-17(8-10-22)12-15(2)3;/h15-17,22H,4-14H2,1-3H3,(H2,19,20,21);1H. The summed E-state index contributed by atoms with van der Waals surface area (Å²) in [5, 5.41) is 15.9. The van der Waals surface area contributed by atoms with Crippen molar-refractivity contribution in [3.63, 3.8) is 0 Å². The number of guanidine groups is 1.